The van der Waals surface area contributed by atoms with E-state index in [-0.39, 0.29) is 20.1 Å². The lowest BCUT2D eigenvalue weighted by Crippen LogP contribution is -2.38. The molecule has 0 aromatic heterocycles. The third-order valence-corrected chi connectivity index (χ3v) is 1.84. The van der Waals surface area contributed by atoms with Gasteiger partial charge in [-0.2, -0.15) is 0 Å². The summed E-state index contributed by atoms with van der Waals surface area (Å²) in [5, 5.41) is 25.7. The molecule has 3 N–H and O–H groups in total. The van der Waals surface area contributed by atoms with E-state index >= 15 is 0 Å². The molecular formula is C9H11BNO4. The zero-order valence-electron chi connectivity index (χ0n) is 7.95. The molecule has 0 amide bonds. The summed E-state index contributed by atoms with van der Waals surface area (Å²) >= 11 is 0. The first-order valence-corrected chi connectivity index (χ1v) is 4.05. The van der Waals surface area contributed by atoms with Crippen molar-refractivity contribution in [3.63, 3.8) is 0 Å². The number of hydrogen-bond acceptors (Lipinski definition) is 4. The number of carboxylic acids is 1. The smallest absolute Gasteiger partial charge is 0.326 e. The minimum absolute atomic E-state index is 0. The van der Waals surface area contributed by atoms with Crippen LogP contribution in [0.5, 0.6) is 0 Å². The van der Waals surface area contributed by atoms with Crippen molar-refractivity contribution < 1.29 is 20.3 Å². The van der Waals surface area contributed by atoms with Gasteiger partial charge in [-0.25, -0.2) is 0 Å². The van der Waals surface area contributed by atoms with Crippen LogP contribution in [0, 0.1) is 0 Å². The van der Waals surface area contributed by atoms with Gasteiger partial charge in [0.05, 0.1) is 0 Å². The van der Waals surface area contributed by atoms with Crippen LogP contribution in [-0.2, 0) is 11.2 Å². The van der Waals surface area contributed by atoms with Gasteiger partial charge in [-0.15, -0.1) is 0 Å². The van der Waals surface area contributed by atoms with Gasteiger partial charge in [-0.3, -0.25) is 15.2 Å². The number of hydrogen-bond donors (Lipinski definition) is 3. The van der Waals surface area contributed by atoms with E-state index in [1.807, 2.05) is 0 Å². The third kappa shape index (κ3) is 4.12. The molecule has 1 aromatic rings. The fourth-order valence-corrected chi connectivity index (χ4v) is 1.11. The number of rotatable bonds is 4. The van der Waals surface area contributed by atoms with Gasteiger partial charge in [0.25, 0.3) is 0 Å². The Kier molecular flexibility index (Phi) is 5.62. The van der Waals surface area contributed by atoms with Gasteiger partial charge in [0, 0.05) is 14.8 Å². The van der Waals surface area contributed by atoms with E-state index in [9.17, 15) is 4.79 Å². The van der Waals surface area contributed by atoms with Crippen molar-refractivity contribution in [3.8, 4) is 0 Å². The Morgan fingerprint density at radius 2 is 1.80 bits per heavy atom. The second kappa shape index (κ2) is 6.18. The Bertz CT molecular complexity index is 304. The summed E-state index contributed by atoms with van der Waals surface area (Å²) in [6, 6.07) is 7.42. The molecule has 1 aromatic carbocycles. The molecule has 0 bridgehead atoms. The molecular weight excluding hydrogens is 197 g/mol. The summed E-state index contributed by atoms with van der Waals surface area (Å²) in [4.78, 5) is 10.6. The Morgan fingerprint density at radius 3 is 2.20 bits per heavy atom. The maximum absolute atomic E-state index is 10.6. The molecule has 15 heavy (non-hydrogen) atoms. The Morgan fingerprint density at radius 1 is 1.27 bits per heavy atom. The van der Waals surface area contributed by atoms with Crippen molar-refractivity contribution in [2.75, 3.05) is 0 Å². The minimum atomic E-state index is -1.34. The lowest BCUT2D eigenvalue weighted by Gasteiger charge is -2.15. The average Bonchev–Trinajstić information content (AvgIpc) is 2.15. The first-order valence-electron chi connectivity index (χ1n) is 4.05. The van der Waals surface area contributed by atoms with Gasteiger partial charge in [0.15, 0.2) is 6.04 Å². The highest BCUT2D eigenvalue weighted by molar-refractivity contribution is 5.75. The lowest BCUT2D eigenvalue weighted by molar-refractivity contribution is -0.327. The Labute approximate surface area is 89.1 Å². The first kappa shape index (κ1) is 13.6. The summed E-state index contributed by atoms with van der Waals surface area (Å²) < 4.78 is 0. The SMILES string of the molecule is O=C(O)[C@H](Cc1ccccc1)N(O)O.[B]. The Hall–Kier alpha value is -1.37. The van der Waals surface area contributed by atoms with Crippen molar-refractivity contribution >= 4 is 14.4 Å². The summed E-state index contributed by atoms with van der Waals surface area (Å²) in [7, 11) is 0. The van der Waals surface area contributed by atoms with Crippen molar-refractivity contribution in [1.82, 2.24) is 5.23 Å². The summed E-state index contributed by atoms with van der Waals surface area (Å²) in [6.07, 6.45) is 0.0448. The molecule has 0 saturated heterocycles. The van der Waals surface area contributed by atoms with Crippen LogP contribution in [0.4, 0.5) is 0 Å². The van der Waals surface area contributed by atoms with Gasteiger partial charge >= 0.3 is 5.97 Å². The number of carboxylic acid groups (broad SMARTS) is 1. The van der Waals surface area contributed by atoms with Crippen LogP contribution >= 0.6 is 0 Å². The lowest BCUT2D eigenvalue weighted by atomic mass is 10.1. The fourth-order valence-electron chi connectivity index (χ4n) is 1.11. The highest BCUT2D eigenvalue weighted by atomic mass is 16.8. The molecule has 1 rings (SSSR count). The second-order valence-corrected chi connectivity index (χ2v) is 2.86. The molecule has 1 atom stereocenters. The number of hydroxylamine groups is 2. The van der Waals surface area contributed by atoms with E-state index in [1.54, 1.807) is 30.3 Å². The molecule has 0 aliphatic heterocycles. The molecule has 79 valence electrons. The zero-order valence-corrected chi connectivity index (χ0v) is 7.95. The molecule has 0 heterocycles. The third-order valence-electron chi connectivity index (χ3n) is 1.84. The maximum Gasteiger partial charge on any atom is 0.326 e. The molecule has 0 spiro atoms. The molecule has 3 radical (unpaired) electrons. The van der Waals surface area contributed by atoms with Gasteiger partial charge in [-0.1, -0.05) is 35.6 Å². The molecule has 6 heteroatoms. The summed E-state index contributed by atoms with van der Waals surface area (Å²) in [6.45, 7) is 0. The normalized spacial score (nSPS) is 11.9. The summed E-state index contributed by atoms with van der Waals surface area (Å²) in [5.74, 6) is -1.28. The van der Waals surface area contributed by atoms with Crippen LogP contribution in [-0.4, -0.2) is 41.2 Å². The van der Waals surface area contributed by atoms with Gasteiger partial charge in [0.1, 0.15) is 0 Å². The van der Waals surface area contributed by atoms with Crippen molar-refractivity contribution in [1.29, 1.82) is 0 Å². The zero-order chi connectivity index (χ0) is 10.6. The second-order valence-electron chi connectivity index (χ2n) is 2.86. The van der Waals surface area contributed by atoms with E-state index in [4.69, 9.17) is 15.5 Å². The number of nitrogens with zero attached hydrogens (tertiary/aromatic N) is 1. The number of aliphatic carboxylic acids is 1. The average molecular weight is 208 g/mol. The highest BCUT2D eigenvalue weighted by Crippen LogP contribution is 2.06. The van der Waals surface area contributed by atoms with Gasteiger partial charge in [-0.05, 0) is 5.56 Å². The van der Waals surface area contributed by atoms with Crippen LogP contribution in [0.25, 0.3) is 0 Å². The standard InChI is InChI=1S/C9H11NO4.B/c11-9(12)8(10(13)14)6-7-4-2-1-3-5-7;/h1-5,8,13-14H,6H2,(H,11,12);/t8-;/m0./s1. The van der Waals surface area contributed by atoms with Gasteiger partial charge < -0.3 is 5.11 Å². The monoisotopic (exact) mass is 208 g/mol. The number of benzene rings is 1. The molecule has 0 aliphatic rings. The maximum atomic E-state index is 10.6. The van der Waals surface area contributed by atoms with E-state index in [0.717, 1.165) is 5.56 Å². The largest absolute Gasteiger partial charge is 0.480 e. The van der Waals surface area contributed by atoms with Crippen molar-refractivity contribution in [2.45, 2.75) is 12.5 Å². The van der Waals surface area contributed by atoms with Crippen LogP contribution in [0.2, 0.25) is 0 Å². The molecule has 0 saturated carbocycles. The van der Waals surface area contributed by atoms with E-state index < -0.39 is 12.0 Å². The van der Waals surface area contributed by atoms with Crippen LogP contribution in [0.15, 0.2) is 30.3 Å². The van der Waals surface area contributed by atoms with Crippen LogP contribution in [0.3, 0.4) is 0 Å². The minimum Gasteiger partial charge on any atom is -0.480 e. The van der Waals surface area contributed by atoms with E-state index in [2.05, 4.69) is 0 Å². The predicted molar refractivity (Wildman–Crippen MR) is 52.7 cm³/mol. The van der Waals surface area contributed by atoms with Crippen molar-refractivity contribution in [3.05, 3.63) is 35.9 Å². The molecule has 0 fully saturated rings. The van der Waals surface area contributed by atoms with Gasteiger partial charge in [0.2, 0.25) is 0 Å². The topological polar surface area (TPSA) is 81.0 Å². The summed E-state index contributed by atoms with van der Waals surface area (Å²) in [5.41, 5.74) is 0.730. The fraction of sp³-hybridized carbons (Fsp3) is 0.222. The highest BCUT2D eigenvalue weighted by Gasteiger charge is 2.23. The Balaban J connectivity index is 0.00000196. The van der Waals surface area contributed by atoms with Crippen LogP contribution in [0.1, 0.15) is 5.56 Å². The molecule has 0 unspecified atom stereocenters. The molecule has 0 aliphatic carbocycles. The molecule has 5 nitrogen and oxygen atoms in total. The van der Waals surface area contributed by atoms with E-state index in [0.29, 0.717) is 0 Å². The number of carbonyl (C=O) groups is 1. The first-order chi connectivity index (χ1) is 6.61. The van der Waals surface area contributed by atoms with Crippen LogP contribution < -0.4 is 0 Å². The van der Waals surface area contributed by atoms with Crippen molar-refractivity contribution in [2.24, 2.45) is 0 Å². The predicted octanol–water partition coefficient (Wildman–Crippen LogP) is 0.382. The van der Waals surface area contributed by atoms with E-state index in [1.165, 1.54) is 0 Å². The quantitative estimate of drug-likeness (QED) is 0.492.